The van der Waals surface area contributed by atoms with Gasteiger partial charge in [-0.05, 0) is 12.1 Å². The molecule has 1 aliphatic heterocycles. The zero-order chi connectivity index (χ0) is 17.6. The normalized spacial score (nSPS) is 13.6. The second-order valence-corrected chi connectivity index (χ2v) is 5.65. The molecule has 5 nitrogen and oxygen atoms in total. The number of alkyl halides is 3. The second kappa shape index (κ2) is 5.58. The topological polar surface area (TPSA) is 62.0 Å². The van der Waals surface area contributed by atoms with Gasteiger partial charge < -0.3 is 20.4 Å². The van der Waals surface area contributed by atoms with E-state index in [4.69, 9.17) is 4.74 Å². The van der Waals surface area contributed by atoms with Crippen molar-refractivity contribution in [1.29, 1.82) is 0 Å². The van der Waals surface area contributed by atoms with Crippen LogP contribution in [0.1, 0.15) is 11.1 Å². The molecule has 3 aromatic rings. The lowest BCUT2D eigenvalue weighted by molar-refractivity contribution is -0.136. The van der Waals surface area contributed by atoms with Crippen molar-refractivity contribution in [3.8, 4) is 5.75 Å². The Kier molecular flexibility index (Phi) is 3.48. The predicted molar refractivity (Wildman–Crippen MR) is 88.4 cm³/mol. The van der Waals surface area contributed by atoms with Crippen LogP contribution in [0, 0.1) is 6.07 Å². The van der Waals surface area contributed by atoms with Gasteiger partial charge in [-0.3, -0.25) is 0 Å². The van der Waals surface area contributed by atoms with Gasteiger partial charge in [0.15, 0.2) is 0 Å². The van der Waals surface area contributed by atoms with Gasteiger partial charge in [-0.1, -0.05) is 6.07 Å². The Morgan fingerprint density at radius 3 is 2.92 bits per heavy atom. The first-order valence-electron chi connectivity index (χ1n) is 7.68. The maximum absolute atomic E-state index is 13.2. The van der Waals surface area contributed by atoms with Crippen molar-refractivity contribution in [3.05, 3.63) is 41.6 Å². The molecule has 0 saturated carbocycles. The molecular formula is C17H14F3N4O. The third-order valence-electron chi connectivity index (χ3n) is 4.10. The highest BCUT2D eigenvalue weighted by atomic mass is 19.4. The van der Waals surface area contributed by atoms with E-state index in [9.17, 15) is 13.2 Å². The molecule has 3 heterocycles. The van der Waals surface area contributed by atoms with Gasteiger partial charge in [0.2, 0.25) is 0 Å². The summed E-state index contributed by atoms with van der Waals surface area (Å²) in [7, 11) is 1.57. The summed E-state index contributed by atoms with van der Waals surface area (Å²) in [5, 5.41) is 5.95. The number of anilines is 3. The molecule has 0 aliphatic carbocycles. The van der Waals surface area contributed by atoms with Crippen molar-refractivity contribution in [2.24, 2.45) is 0 Å². The van der Waals surface area contributed by atoms with E-state index in [1.807, 2.05) is 0 Å². The van der Waals surface area contributed by atoms with Gasteiger partial charge in [0.1, 0.15) is 17.2 Å². The zero-order valence-electron chi connectivity index (χ0n) is 13.2. The number of nitrogens with one attached hydrogen (secondary N) is 3. The number of benzene rings is 1. The van der Waals surface area contributed by atoms with Gasteiger partial charge in [0.25, 0.3) is 0 Å². The average molecular weight is 347 g/mol. The Labute approximate surface area is 141 Å². The number of halogens is 3. The second-order valence-electron chi connectivity index (χ2n) is 5.65. The summed E-state index contributed by atoms with van der Waals surface area (Å²) in [6.07, 6.45) is -2.74. The van der Waals surface area contributed by atoms with Crippen LogP contribution in [0.4, 0.5) is 30.4 Å². The first-order chi connectivity index (χ1) is 12.0. The molecule has 0 saturated heterocycles. The fourth-order valence-corrected chi connectivity index (χ4v) is 2.99. The largest absolute Gasteiger partial charge is 0.491 e. The summed E-state index contributed by atoms with van der Waals surface area (Å²) in [5.41, 5.74) is 1.43. The summed E-state index contributed by atoms with van der Waals surface area (Å²) in [5.74, 6) is 1.12. The van der Waals surface area contributed by atoms with E-state index in [0.717, 1.165) is 18.2 Å². The predicted octanol–water partition coefficient (Wildman–Crippen LogP) is 4.10. The molecule has 0 amide bonds. The number of fused-ring (bicyclic) bond motifs is 2. The van der Waals surface area contributed by atoms with Crippen LogP contribution in [0.25, 0.3) is 11.0 Å². The maximum atomic E-state index is 13.2. The van der Waals surface area contributed by atoms with E-state index in [0.29, 0.717) is 29.5 Å². The van der Waals surface area contributed by atoms with Gasteiger partial charge in [0.05, 0.1) is 23.2 Å². The molecule has 0 atom stereocenters. The molecule has 8 heteroatoms. The van der Waals surface area contributed by atoms with Gasteiger partial charge in [-0.15, -0.1) is 0 Å². The van der Waals surface area contributed by atoms with Crippen LogP contribution in [0.3, 0.4) is 0 Å². The monoisotopic (exact) mass is 347 g/mol. The van der Waals surface area contributed by atoms with Crippen LogP contribution in [0.5, 0.6) is 5.75 Å². The highest BCUT2D eigenvalue weighted by Crippen LogP contribution is 2.40. The van der Waals surface area contributed by atoms with Crippen LogP contribution in [-0.4, -0.2) is 23.6 Å². The van der Waals surface area contributed by atoms with E-state index >= 15 is 0 Å². The quantitative estimate of drug-likeness (QED) is 0.667. The molecule has 2 aromatic heterocycles. The molecule has 0 bridgehead atoms. The Bertz CT molecular complexity index is 949. The average Bonchev–Trinajstić information content (AvgIpc) is 3.20. The van der Waals surface area contributed by atoms with Crippen molar-refractivity contribution >= 4 is 28.2 Å². The van der Waals surface area contributed by atoms with E-state index in [-0.39, 0.29) is 11.0 Å². The Hall–Kier alpha value is -2.90. The number of hydrogen-bond acceptors (Lipinski definition) is 4. The van der Waals surface area contributed by atoms with Crippen molar-refractivity contribution in [3.63, 3.8) is 0 Å². The van der Waals surface area contributed by atoms with Crippen molar-refractivity contribution < 1.29 is 17.9 Å². The lowest BCUT2D eigenvalue weighted by Crippen LogP contribution is -2.05. The molecule has 0 fully saturated rings. The minimum absolute atomic E-state index is 0.0171. The number of aromatic nitrogens is 2. The minimum atomic E-state index is -4.45. The fraction of sp³-hybridized carbons (Fsp3) is 0.235. The molecule has 0 spiro atoms. The number of nitrogens with zero attached hydrogens (tertiary/aromatic N) is 1. The summed E-state index contributed by atoms with van der Waals surface area (Å²) >= 11 is 0. The number of pyridine rings is 1. The molecule has 1 radical (unpaired) electrons. The summed E-state index contributed by atoms with van der Waals surface area (Å²) < 4.78 is 45.1. The number of aromatic amines is 1. The van der Waals surface area contributed by atoms with Crippen LogP contribution >= 0.6 is 0 Å². The van der Waals surface area contributed by atoms with Gasteiger partial charge >= 0.3 is 6.18 Å². The van der Waals surface area contributed by atoms with E-state index in [1.54, 1.807) is 25.2 Å². The van der Waals surface area contributed by atoms with E-state index in [1.165, 1.54) is 0 Å². The van der Waals surface area contributed by atoms with Gasteiger partial charge in [-0.25, -0.2) is 4.98 Å². The third-order valence-corrected chi connectivity index (χ3v) is 4.10. The molecule has 1 aromatic carbocycles. The zero-order valence-corrected chi connectivity index (χ0v) is 13.2. The third kappa shape index (κ3) is 2.63. The van der Waals surface area contributed by atoms with Crippen LogP contribution in [0.2, 0.25) is 0 Å². The first kappa shape index (κ1) is 15.6. The molecule has 25 heavy (non-hydrogen) atoms. The highest BCUT2D eigenvalue weighted by Gasteiger charge is 2.35. The number of ether oxygens (including phenoxy) is 1. The van der Waals surface area contributed by atoms with E-state index in [2.05, 4.69) is 26.7 Å². The van der Waals surface area contributed by atoms with Crippen molar-refractivity contribution in [2.45, 2.75) is 12.6 Å². The summed E-state index contributed by atoms with van der Waals surface area (Å²) in [6, 6.07) is 8.24. The molecule has 129 valence electrons. The van der Waals surface area contributed by atoms with Crippen LogP contribution in [-0.2, 0) is 12.6 Å². The number of rotatable bonds is 3. The van der Waals surface area contributed by atoms with Crippen LogP contribution in [0.15, 0.2) is 24.4 Å². The lowest BCUT2D eigenvalue weighted by Gasteiger charge is -2.13. The van der Waals surface area contributed by atoms with Crippen molar-refractivity contribution in [2.75, 3.05) is 24.3 Å². The minimum Gasteiger partial charge on any atom is -0.491 e. The SMILES string of the molecule is CNc1cc(Nc2cc[c]c3c2OCC3)nc2[nH]cc(C(F)(F)F)c12. The summed E-state index contributed by atoms with van der Waals surface area (Å²) in [6.45, 7) is 0.588. The lowest BCUT2D eigenvalue weighted by atomic mass is 10.1. The van der Waals surface area contributed by atoms with Gasteiger partial charge in [-0.2, -0.15) is 13.2 Å². The van der Waals surface area contributed by atoms with Gasteiger partial charge in [0, 0.05) is 37.0 Å². The molecule has 0 unspecified atom stereocenters. The van der Waals surface area contributed by atoms with E-state index < -0.39 is 11.7 Å². The maximum Gasteiger partial charge on any atom is 0.418 e. The number of H-pyrrole nitrogens is 1. The highest BCUT2D eigenvalue weighted by molar-refractivity contribution is 5.95. The molecule has 1 aliphatic rings. The first-order valence-corrected chi connectivity index (χ1v) is 7.68. The van der Waals surface area contributed by atoms with Crippen LogP contribution < -0.4 is 15.4 Å². The Morgan fingerprint density at radius 2 is 2.16 bits per heavy atom. The summed E-state index contributed by atoms with van der Waals surface area (Å²) in [4.78, 5) is 6.87. The molecule has 3 N–H and O–H groups in total. The van der Waals surface area contributed by atoms with Crippen molar-refractivity contribution in [1.82, 2.24) is 9.97 Å². The standard InChI is InChI=1S/C17H14F3N4O/c1-21-12-7-13(23-11-4-2-3-9-5-6-25-15(9)11)24-16-14(12)10(8-22-16)17(18,19)20/h2,4,7-8H,5-6H2,1H3,(H3,21,22,23,24). The Morgan fingerprint density at radius 1 is 1.32 bits per heavy atom. The Balaban J connectivity index is 1.78. The fourth-order valence-electron chi connectivity index (χ4n) is 2.99. The molecular weight excluding hydrogens is 333 g/mol. The smallest absolute Gasteiger partial charge is 0.418 e. The molecule has 4 rings (SSSR count). The number of hydrogen-bond donors (Lipinski definition) is 3.